The molecule has 13 heteroatoms. The predicted octanol–water partition coefficient (Wildman–Crippen LogP) is 5.25. The van der Waals surface area contributed by atoms with E-state index in [4.69, 9.17) is 27.9 Å². The van der Waals surface area contributed by atoms with Gasteiger partial charge in [-0.05, 0) is 75.3 Å². The number of hydrogen-bond donors (Lipinski definition) is 2. The zero-order valence-corrected chi connectivity index (χ0v) is 29.4. The molecule has 0 aliphatic carbocycles. The normalized spacial score (nSPS) is 28.0. The number of ether oxygens (including phenoxy) is 1. The second-order valence-electron chi connectivity index (χ2n) is 13.8. The molecule has 3 amide bonds. The van der Waals surface area contributed by atoms with Crippen LogP contribution in [-0.2, 0) is 17.8 Å². The van der Waals surface area contributed by atoms with E-state index in [2.05, 4.69) is 27.1 Å². The lowest BCUT2D eigenvalue weighted by molar-refractivity contribution is -0.942. The highest BCUT2D eigenvalue weighted by Crippen LogP contribution is 2.45. The number of carbonyl (C=O) groups excluding carboxylic acids is 2. The largest absolute Gasteiger partial charge is 0.515 e. The zero-order valence-electron chi connectivity index (χ0n) is 27.9. The van der Waals surface area contributed by atoms with Crippen LogP contribution >= 0.6 is 23.2 Å². The Morgan fingerprint density at radius 1 is 1.02 bits per heavy atom. The SMILES string of the molecule is COc1ccc2c(c1)CCN(C1CC[N@+](Cc3ccc(Cl)c(Cl)c3)(C(=O)O)C(CC=O)(N3CCN(C4CCN(C)CC4)CC3)C1)C(=O)N2. The maximum Gasteiger partial charge on any atom is 0.515 e. The van der Waals surface area contributed by atoms with Gasteiger partial charge in [0, 0.05) is 68.9 Å². The molecule has 2 N–H and O–H groups in total. The van der Waals surface area contributed by atoms with Crippen molar-refractivity contribution in [2.45, 2.75) is 62.8 Å². The number of nitrogens with zero attached hydrogens (tertiary/aromatic N) is 5. The number of rotatable bonds is 8. The van der Waals surface area contributed by atoms with E-state index in [0.29, 0.717) is 55.0 Å². The smallest absolute Gasteiger partial charge is 0.497 e. The van der Waals surface area contributed by atoms with E-state index in [1.54, 1.807) is 19.2 Å². The standard InChI is InChI=1S/C35H46Cl2N6O5/c1-39-12-8-27(9-13-39)40-15-17-41(18-16-40)35(11-20-44)23-28(42-14-7-26-22-29(48-2)4-6-32(26)38-33(42)45)10-19-43(35,34(46)47)24-25-3-5-30(36)31(37)21-25/h3-6,20-22,27-28H,7-19,23-24H2,1-2H3,(H-,38,45,46,47)/p+1/t28?,35?,43-/m0/s1. The van der Waals surface area contributed by atoms with Crippen molar-refractivity contribution in [1.82, 2.24) is 19.6 Å². The second kappa shape index (κ2) is 14.5. The Morgan fingerprint density at radius 2 is 1.77 bits per heavy atom. The second-order valence-corrected chi connectivity index (χ2v) is 14.6. The number of methoxy groups -OCH3 is 1. The summed E-state index contributed by atoms with van der Waals surface area (Å²) in [4.78, 5) is 49.4. The van der Waals surface area contributed by atoms with Crippen molar-refractivity contribution in [1.29, 1.82) is 0 Å². The summed E-state index contributed by atoms with van der Waals surface area (Å²) in [5.74, 6) is 0.726. The molecule has 11 nitrogen and oxygen atoms in total. The summed E-state index contributed by atoms with van der Waals surface area (Å²) in [6, 6.07) is 10.9. The number of amides is 3. The first-order valence-corrected chi connectivity index (χ1v) is 17.7. The van der Waals surface area contributed by atoms with Crippen molar-refractivity contribution >= 4 is 47.3 Å². The van der Waals surface area contributed by atoms with Gasteiger partial charge in [0.05, 0.1) is 30.1 Å². The highest BCUT2D eigenvalue weighted by atomic mass is 35.5. The van der Waals surface area contributed by atoms with E-state index in [0.717, 1.165) is 67.9 Å². The van der Waals surface area contributed by atoms with Crippen LogP contribution in [0.5, 0.6) is 5.75 Å². The number of piperidine rings is 2. The van der Waals surface area contributed by atoms with Crippen LogP contribution in [0, 0.1) is 0 Å². The molecule has 0 bridgehead atoms. The number of likely N-dealkylation sites (tertiary alicyclic amines) is 2. The number of urea groups is 1. The average molecular weight is 703 g/mol. The summed E-state index contributed by atoms with van der Waals surface area (Å²) in [5, 5.41) is 15.1. The van der Waals surface area contributed by atoms with Gasteiger partial charge >= 0.3 is 12.1 Å². The summed E-state index contributed by atoms with van der Waals surface area (Å²) < 4.78 is 5.08. The molecule has 4 aliphatic rings. The first-order valence-electron chi connectivity index (χ1n) is 17.0. The van der Waals surface area contributed by atoms with Gasteiger partial charge in [0.25, 0.3) is 0 Å². The van der Waals surface area contributed by atoms with Gasteiger partial charge in [-0.3, -0.25) is 4.90 Å². The van der Waals surface area contributed by atoms with Crippen molar-refractivity contribution in [2.75, 3.05) is 71.8 Å². The first-order chi connectivity index (χ1) is 23.1. The topological polar surface area (TPSA) is 106 Å². The molecule has 3 saturated heterocycles. The van der Waals surface area contributed by atoms with E-state index in [1.165, 1.54) is 0 Å². The lowest BCUT2D eigenvalue weighted by Crippen LogP contribution is -2.79. The maximum absolute atomic E-state index is 13.8. The highest BCUT2D eigenvalue weighted by molar-refractivity contribution is 6.42. The molecule has 0 aromatic heterocycles. The Morgan fingerprint density at radius 3 is 2.44 bits per heavy atom. The van der Waals surface area contributed by atoms with Gasteiger partial charge in [0.2, 0.25) is 0 Å². The van der Waals surface area contributed by atoms with Crippen molar-refractivity contribution in [3.05, 3.63) is 57.6 Å². The third-order valence-corrected chi connectivity index (χ3v) is 12.1. The minimum Gasteiger partial charge on any atom is -0.497 e. The molecule has 2 aromatic carbocycles. The molecule has 260 valence electrons. The molecule has 48 heavy (non-hydrogen) atoms. The van der Waals surface area contributed by atoms with Crippen LogP contribution in [0.3, 0.4) is 0 Å². The Kier molecular flexibility index (Phi) is 10.6. The minimum atomic E-state index is -1.09. The monoisotopic (exact) mass is 701 g/mol. The molecule has 6 rings (SSSR count). The molecule has 0 radical (unpaired) electrons. The van der Waals surface area contributed by atoms with Crippen LogP contribution in [0.15, 0.2) is 36.4 Å². The van der Waals surface area contributed by atoms with Crippen molar-refractivity contribution in [3.63, 3.8) is 0 Å². The molecular formula is C35H47Cl2N6O5+. The molecule has 4 aliphatic heterocycles. The summed E-state index contributed by atoms with van der Waals surface area (Å²) in [6.45, 7) is 5.86. The van der Waals surface area contributed by atoms with Crippen LogP contribution < -0.4 is 10.1 Å². The summed E-state index contributed by atoms with van der Waals surface area (Å²) in [7, 11) is 3.78. The Labute approximate surface area is 292 Å². The summed E-state index contributed by atoms with van der Waals surface area (Å²) in [6.07, 6.45) is 3.58. The fourth-order valence-corrected chi connectivity index (χ4v) is 9.02. The number of hydrogen-bond acceptors (Lipinski definition) is 7. The number of nitrogens with one attached hydrogen (secondary N) is 1. The van der Waals surface area contributed by atoms with Crippen LogP contribution in [0.4, 0.5) is 15.3 Å². The van der Waals surface area contributed by atoms with E-state index in [1.807, 2.05) is 29.2 Å². The first kappa shape index (κ1) is 34.9. The molecule has 3 atom stereocenters. The Hall–Kier alpha value is -2.93. The number of halogens is 2. The number of quaternary nitrogens is 1. The molecular weight excluding hydrogens is 655 g/mol. The van der Waals surface area contributed by atoms with Gasteiger partial charge in [-0.25, -0.2) is 14.2 Å². The zero-order chi connectivity index (χ0) is 34.1. The van der Waals surface area contributed by atoms with E-state index >= 15 is 0 Å². The Bertz CT molecular complexity index is 1510. The quantitative estimate of drug-likeness (QED) is 0.284. The van der Waals surface area contributed by atoms with Gasteiger partial charge in [-0.1, -0.05) is 29.3 Å². The fourth-order valence-electron chi connectivity index (χ4n) is 8.70. The number of carboxylic acid groups (broad SMARTS) is 1. The number of anilines is 1. The lowest BCUT2D eigenvalue weighted by atomic mass is 9.82. The molecule has 0 saturated carbocycles. The fraction of sp³-hybridized carbons (Fsp3) is 0.571. The van der Waals surface area contributed by atoms with Crippen molar-refractivity contribution < 1.29 is 28.7 Å². The van der Waals surface area contributed by atoms with E-state index < -0.39 is 11.8 Å². The molecule has 4 heterocycles. The van der Waals surface area contributed by atoms with Crippen molar-refractivity contribution in [2.24, 2.45) is 0 Å². The third kappa shape index (κ3) is 6.65. The predicted molar refractivity (Wildman–Crippen MR) is 186 cm³/mol. The van der Waals surface area contributed by atoms with Gasteiger partial charge in [0.15, 0.2) is 5.66 Å². The van der Waals surface area contributed by atoms with Gasteiger partial charge in [0.1, 0.15) is 18.6 Å². The van der Waals surface area contributed by atoms with Crippen LogP contribution in [0.1, 0.15) is 43.2 Å². The van der Waals surface area contributed by atoms with Gasteiger partial charge in [-0.2, -0.15) is 4.79 Å². The maximum atomic E-state index is 13.8. The van der Waals surface area contributed by atoms with Crippen LogP contribution in [0.25, 0.3) is 0 Å². The summed E-state index contributed by atoms with van der Waals surface area (Å²) >= 11 is 12.7. The number of piperazine rings is 1. The number of benzene rings is 2. The third-order valence-electron chi connectivity index (χ3n) is 11.4. The lowest BCUT2D eigenvalue weighted by Gasteiger charge is -2.59. The molecule has 3 fully saturated rings. The average Bonchev–Trinajstić information content (AvgIpc) is 3.25. The van der Waals surface area contributed by atoms with Gasteiger partial charge < -0.3 is 29.8 Å². The number of fused-ring (bicyclic) bond motifs is 1. The van der Waals surface area contributed by atoms with Crippen LogP contribution in [-0.4, -0.2) is 132 Å². The van der Waals surface area contributed by atoms with Crippen LogP contribution in [0.2, 0.25) is 10.0 Å². The Balaban J connectivity index is 1.34. The molecule has 0 spiro atoms. The number of carbonyl (C=O) groups is 3. The molecule has 2 aromatic rings. The number of aldehydes is 1. The van der Waals surface area contributed by atoms with E-state index in [9.17, 15) is 19.5 Å². The minimum absolute atomic E-state index is 0.0260. The van der Waals surface area contributed by atoms with Gasteiger partial charge in [-0.15, -0.1) is 0 Å². The highest BCUT2D eigenvalue weighted by Gasteiger charge is 2.64. The summed E-state index contributed by atoms with van der Waals surface area (Å²) in [5.41, 5.74) is 1.38. The van der Waals surface area contributed by atoms with E-state index in [-0.39, 0.29) is 36.1 Å². The molecule has 2 unspecified atom stereocenters. The van der Waals surface area contributed by atoms with Crippen molar-refractivity contribution in [3.8, 4) is 5.75 Å².